The van der Waals surface area contributed by atoms with Gasteiger partial charge in [-0.1, -0.05) is 52.4 Å². The zero-order valence-electron chi connectivity index (χ0n) is 20.6. The number of hydrogen-bond acceptors (Lipinski definition) is 8. The van der Waals surface area contributed by atoms with Crippen molar-refractivity contribution in [2.24, 2.45) is 0 Å². The van der Waals surface area contributed by atoms with E-state index < -0.39 is 32.5 Å². The summed E-state index contributed by atoms with van der Waals surface area (Å²) in [5, 5.41) is 0. The van der Waals surface area contributed by atoms with Crippen LogP contribution >= 0.6 is 7.82 Å². The molecule has 0 aliphatic rings. The second-order valence-corrected chi connectivity index (χ2v) is 10.4. The number of rotatable bonds is 20. The van der Waals surface area contributed by atoms with Gasteiger partial charge in [-0.25, -0.2) is 0 Å². The van der Waals surface area contributed by atoms with Gasteiger partial charge >= 0.3 is 11.9 Å². The van der Waals surface area contributed by atoms with Crippen molar-refractivity contribution < 1.29 is 42.1 Å². The van der Waals surface area contributed by atoms with Crippen molar-refractivity contribution in [2.45, 2.75) is 84.2 Å². The molecule has 32 heavy (non-hydrogen) atoms. The SMILES string of the molecule is CCCCCCCC(=O)OC(COC(=O)CCCCC)COP(=O)([O-])OCC[N+](C)(C)C. The molecule has 0 aromatic carbocycles. The van der Waals surface area contributed by atoms with Crippen LogP contribution in [0.4, 0.5) is 0 Å². The number of nitrogens with zero attached hydrogens (tertiary/aromatic N) is 1. The lowest BCUT2D eigenvalue weighted by Gasteiger charge is -2.28. The van der Waals surface area contributed by atoms with Gasteiger partial charge in [-0.05, 0) is 12.8 Å². The fourth-order valence-corrected chi connectivity index (χ4v) is 3.38. The predicted molar refractivity (Wildman–Crippen MR) is 121 cm³/mol. The maximum Gasteiger partial charge on any atom is 0.306 e. The van der Waals surface area contributed by atoms with Gasteiger partial charge in [0.15, 0.2) is 6.10 Å². The van der Waals surface area contributed by atoms with Crippen molar-refractivity contribution in [2.75, 3.05) is 47.5 Å². The van der Waals surface area contributed by atoms with Crippen LogP contribution in [0.2, 0.25) is 0 Å². The summed E-state index contributed by atoms with van der Waals surface area (Å²) in [4.78, 5) is 36.0. The molecular weight excluding hydrogens is 437 g/mol. The summed E-state index contributed by atoms with van der Waals surface area (Å²) in [6.45, 7) is 3.87. The zero-order valence-corrected chi connectivity index (χ0v) is 21.5. The van der Waals surface area contributed by atoms with Gasteiger partial charge in [0.25, 0.3) is 7.82 Å². The minimum atomic E-state index is -4.57. The number of carbonyl (C=O) groups excluding carboxylic acids is 2. The van der Waals surface area contributed by atoms with Crippen LogP contribution in [-0.2, 0) is 32.7 Å². The van der Waals surface area contributed by atoms with Gasteiger partial charge in [-0.2, -0.15) is 0 Å². The minimum absolute atomic E-state index is 0.0289. The molecule has 10 heteroatoms. The van der Waals surface area contributed by atoms with Crippen LogP contribution in [0.5, 0.6) is 0 Å². The minimum Gasteiger partial charge on any atom is -0.756 e. The molecule has 0 aromatic heterocycles. The summed E-state index contributed by atoms with van der Waals surface area (Å²) in [7, 11) is 1.16. The number of phosphoric ester groups is 1. The van der Waals surface area contributed by atoms with E-state index in [4.69, 9.17) is 18.5 Å². The molecule has 190 valence electrons. The monoisotopic (exact) mass is 481 g/mol. The molecule has 0 rings (SSSR count). The summed E-state index contributed by atoms with van der Waals surface area (Å²) in [6, 6.07) is 0. The lowest BCUT2D eigenvalue weighted by molar-refractivity contribution is -0.870. The topological polar surface area (TPSA) is 111 Å². The van der Waals surface area contributed by atoms with E-state index in [1.54, 1.807) is 0 Å². The van der Waals surface area contributed by atoms with E-state index in [-0.39, 0.29) is 26.1 Å². The molecular formula is C22H44NO8P. The van der Waals surface area contributed by atoms with E-state index in [1.807, 2.05) is 28.1 Å². The number of unbranched alkanes of at least 4 members (excludes halogenated alkanes) is 6. The average Bonchev–Trinajstić information content (AvgIpc) is 2.69. The number of quaternary nitrogens is 1. The molecule has 0 aliphatic heterocycles. The molecule has 0 N–H and O–H groups in total. The Morgan fingerprint density at radius 3 is 2.03 bits per heavy atom. The van der Waals surface area contributed by atoms with Crippen molar-refractivity contribution in [3.63, 3.8) is 0 Å². The highest BCUT2D eigenvalue weighted by Gasteiger charge is 2.21. The highest BCUT2D eigenvalue weighted by atomic mass is 31.2. The fourth-order valence-electron chi connectivity index (χ4n) is 2.65. The molecule has 2 atom stereocenters. The van der Waals surface area contributed by atoms with Crippen LogP contribution in [-0.4, -0.2) is 70.0 Å². The van der Waals surface area contributed by atoms with Gasteiger partial charge in [0.05, 0.1) is 27.7 Å². The van der Waals surface area contributed by atoms with Crippen LogP contribution in [0.15, 0.2) is 0 Å². The summed E-state index contributed by atoms with van der Waals surface area (Å²) < 4.78 is 32.8. The summed E-state index contributed by atoms with van der Waals surface area (Å²) in [5.74, 6) is -0.882. The van der Waals surface area contributed by atoms with E-state index in [1.165, 1.54) is 0 Å². The number of likely N-dealkylation sites (N-methyl/N-ethyl adjacent to an activating group) is 1. The van der Waals surface area contributed by atoms with Crippen molar-refractivity contribution in [3.8, 4) is 0 Å². The van der Waals surface area contributed by atoms with Gasteiger partial charge in [0, 0.05) is 12.8 Å². The van der Waals surface area contributed by atoms with E-state index in [2.05, 4.69) is 6.92 Å². The fraction of sp³-hybridized carbons (Fsp3) is 0.909. The summed E-state index contributed by atoms with van der Waals surface area (Å²) in [6.07, 6.45) is 6.97. The number of ether oxygens (including phenoxy) is 2. The number of esters is 2. The predicted octanol–water partition coefficient (Wildman–Crippen LogP) is 3.59. The Morgan fingerprint density at radius 1 is 0.844 bits per heavy atom. The van der Waals surface area contributed by atoms with Gasteiger partial charge in [0.2, 0.25) is 0 Å². The van der Waals surface area contributed by atoms with Crippen molar-refractivity contribution in [1.82, 2.24) is 0 Å². The summed E-state index contributed by atoms with van der Waals surface area (Å²) >= 11 is 0. The van der Waals surface area contributed by atoms with Gasteiger partial charge < -0.3 is 27.9 Å². The zero-order chi connectivity index (χ0) is 24.5. The number of carbonyl (C=O) groups is 2. The van der Waals surface area contributed by atoms with Crippen LogP contribution in [0.1, 0.15) is 78.1 Å². The van der Waals surface area contributed by atoms with Gasteiger partial charge in [-0.3, -0.25) is 14.2 Å². The molecule has 0 amide bonds. The molecule has 0 spiro atoms. The Morgan fingerprint density at radius 2 is 1.41 bits per heavy atom. The lowest BCUT2D eigenvalue weighted by atomic mass is 10.1. The first-order valence-electron chi connectivity index (χ1n) is 11.7. The third-order valence-corrected chi connectivity index (χ3v) is 5.59. The van der Waals surface area contributed by atoms with Crippen molar-refractivity contribution in [1.29, 1.82) is 0 Å². The maximum absolute atomic E-state index is 12.1. The molecule has 0 aliphatic carbocycles. The molecule has 0 saturated heterocycles. The third-order valence-electron chi connectivity index (χ3n) is 4.63. The first-order valence-corrected chi connectivity index (χ1v) is 13.2. The van der Waals surface area contributed by atoms with Gasteiger partial charge in [-0.15, -0.1) is 0 Å². The Hall–Kier alpha value is -0.990. The largest absolute Gasteiger partial charge is 0.756 e. The standard InChI is InChI=1S/C22H44NO8P/c1-6-8-10-11-13-15-22(25)31-20(18-28-21(24)14-12-9-7-2)19-30-32(26,27)29-17-16-23(3,4)5/h20H,6-19H2,1-5H3. The molecule has 0 saturated carbocycles. The molecule has 9 nitrogen and oxygen atoms in total. The van der Waals surface area contributed by atoms with E-state index in [0.29, 0.717) is 23.9 Å². The number of phosphoric acid groups is 1. The Balaban J connectivity index is 4.63. The van der Waals surface area contributed by atoms with Crippen molar-refractivity contribution >= 4 is 19.8 Å². The van der Waals surface area contributed by atoms with E-state index >= 15 is 0 Å². The quantitative estimate of drug-likeness (QED) is 0.112. The lowest BCUT2D eigenvalue weighted by Crippen LogP contribution is -2.37. The first-order chi connectivity index (χ1) is 15.0. The Bertz CT molecular complexity index is 565. The first kappa shape index (κ1) is 31.0. The maximum atomic E-state index is 12.1. The average molecular weight is 482 g/mol. The molecule has 0 radical (unpaired) electrons. The van der Waals surface area contributed by atoms with Crippen LogP contribution in [0.25, 0.3) is 0 Å². The van der Waals surface area contributed by atoms with Crippen molar-refractivity contribution in [3.05, 3.63) is 0 Å². The summed E-state index contributed by atoms with van der Waals surface area (Å²) in [5.41, 5.74) is 0. The normalized spacial score (nSPS) is 14.6. The van der Waals surface area contributed by atoms with E-state index in [9.17, 15) is 19.0 Å². The highest BCUT2D eigenvalue weighted by Crippen LogP contribution is 2.38. The molecule has 0 bridgehead atoms. The van der Waals surface area contributed by atoms with Crippen LogP contribution < -0.4 is 4.89 Å². The Kier molecular flexibility index (Phi) is 16.9. The molecule has 0 heterocycles. The molecule has 2 unspecified atom stereocenters. The van der Waals surface area contributed by atoms with E-state index in [0.717, 1.165) is 38.5 Å². The third kappa shape index (κ3) is 19.7. The second-order valence-electron chi connectivity index (χ2n) is 9.01. The molecule has 0 fully saturated rings. The molecule has 0 aromatic rings. The van der Waals surface area contributed by atoms with Crippen LogP contribution in [0.3, 0.4) is 0 Å². The second kappa shape index (κ2) is 17.5. The van der Waals surface area contributed by atoms with Crippen LogP contribution in [0, 0.1) is 0 Å². The Labute approximate surface area is 193 Å². The van der Waals surface area contributed by atoms with Gasteiger partial charge in [0.1, 0.15) is 19.8 Å². The number of hydrogen-bond donors (Lipinski definition) is 0. The highest BCUT2D eigenvalue weighted by molar-refractivity contribution is 7.45. The smallest absolute Gasteiger partial charge is 0.306 e.